The van der Waals surface area contributed by atoms with Gasteiger partial charge in [0, 0.05) is 6.07 Å². The Bertz CT molecular complexity index is 933. The molecule has 0 fully saturated rings. The van der Waals surface area contributed by atoms with E-state index in [2.05, 4.69) is 20.6 Å². The monoisotopic (exact) mass is 367 g/mol. The van der Waals surface area contributed by atoms with Crippen LogP contribution in [0, 0.1) is 0 Å². The van der Waals surface area contributed by atoms with Crippen LogP contribution in [-0.4, -0.2) is 31.3 Å². The molecule has 0 saturated carbocycles. The molecule has 8 heteroatoms. The number of nitrogen functional groups attached to an aromatic ring is 1. The van der Waals surface area contributed by atoms with Crippen molar-refractivity contribution in [1.82, 2.24) is 9.97 Å². The molecule has 0 aliphatic heterocycles. The van der Waals surface area contributed by atoms with Gasteiger partial charge >= 0.3 is 0 Å². The first-order valence-corrected chi connectivity index (χ1v) is 8.15. The van der Waals surface area contributed by atoms with E-state index in [0.29, 0.717) is 40.3 Å². The Morgan fingerprint density at radius 2 is 1.41 bits per heavy atom. The normalized spacial score (nSPS) is 10.2. The van der Waals surface area contributed by atoms with Crippen LogP contribution < -0.4 is 30.6 Å². The number of nitrogens with zero attached hydrogens (tertiary/aromatic N) is 2. The number of aromatic nitrogens is 2. The largest absolute Gasteiger partial charge is 0.497 e. The van der Waals surface area contributed by atoms with Gasteiger partial charge in [0.2, 0.25) is 0 Å². The summed E-state index contributed by atoms with van der Waals surface area (Å²) in [6.07, 6.45) is 1.42. The Kier molecular flexibility index (Phi) is 5.46. The Morgan fingerprint density at radius 1 is 0.778 bits per heavy atom. The van der Waals surface area contributed by atoms with Crippen LogP contribution in [0.4, 0.5) is 28.7 Å². The van der Waals surface area contributed by atoms with E-state index in [1.807, 2.05) is 30.3 Å². The summed E-state index contributed by atoms with van der Waals surface area (Å²) < 4.78 is 16.0. The van der Waals surface area contributed by atoms with Gasteiger partial charge in [-0.2, -0.15) is 0 Å². The van der Waals surface area contributed by atoms with Crippen LogP contribution in [0.2, 0.25) is 0 Å². The van der Waals surface area contributed by atoms with E-state index in [1.165, 1.54) is 6.33 Å². The molecule has 1 heterocycles. The van der Waals surface area contributed by atoms with Crippen molar-refractivity contribution in [2.75, 3.05) is 37.7 Å². The highest BCUT2D eigenvalue weighted by molar-refractivity contribution is 5.82. The van der Waals surface area contributed by atoms with Gasteiger partial charge in [-0.1, -0.05) is 12.1 Å². The third-order valence-corrected chi connectivity index (χ3v) is 3.90. The van der Waals surface area contributed by atoms with E-state index in [0.717, 1.165) is 5.69 Å². The first-order chi connectivity index (χ1) is 13.2. The van der Waals surface area contributed by atoms with Crippen molar-refractivity contribution in [2.24, 2.45) is 0 Å². The van der Waals surface area contributed by atoms with Gasteiger partial charge in [-0.05, 0) is 24.3 Å². The molecule has 3 rings (SSSR count). The first-order valence-electron chi connectivity index (χ1n) is 8.15. The van der Waals surface area contributed by atoms with Gasteiger partial charge in [0.1, 0.15) is 29.3 Å². The van der Waals surface area contributed by atoms with Gasteiger partial charge < -0.3 is 30.6 Å². The number of benzene rings is 2. The highest BCUT2D eigenvalue weighted by Crippen LogP contribution is 2.35. The molecule has 0 saturated heterocycles. The molecule has 140 valence electrons. The second-order valence-electron chi connectivity index (χ2n) is 5.50. The highest BCUT2D eigenvalue weighted by Gasteiger charge is 2.13. The summed E-state index contributed by atoms with van der Waals surface area (Å²) in [4.78, 5) is 8.46. The molecule has 0 atom stereocenters. The summed E-state index contributed by atoms with van der Waals surface area (Å²) in [7, 11) is 4.79. The van der Waals surface area contributed by atoms with Crippen LogP contribution in [0.15, 0.2) is 48.8 Å². The van der Waals surface area contributed by atoms with E-state index < -0.39 is 0 Å². The minimum Gasteiger partial charge on any atom is -0.497 e. The van der Waals surface area contributed by atoms with E-state index in [-0.39, 0.29) is 0 Å². The predicted molar refractivity (Wildman–Crippen MR) is 106 cm³/mol. The minimum absolute atomic E-state index is 0.355. The zero-order valence-corrected chi connectivity index (χ0v) is 15.3. The van der Waals surface area contributed by atoms with E-state index >= 15 is 0 Å². The Morgan fingerprint density at radius 3 is 2.07 bits per heavy atom. The fourth-order valence-electron chi connectivity index (χ4n) is 2.51. The lowest BCUT2D eigenvalue weighted by atomic mass is 10.2. The molecule has 0 unspecified atom stereocenters. The van der Waals surface area contributed by atoms with Crippen molar-refractivity contribution in [1.29, 1.82) is 0 Å². The minimum atomic E-state index is 0.355. The fraction of sp³-hybridized carbons (Fsp3) is 0.158. The molecular formula is C19H21N5O3. The number of hydrogen-bond acceptors (Lipinski definition) is 8. The van der Waals surface area contributed by atoms with Crippen molar-refractivity contribution in [3.63, 3.8) is 0 Å². The van der Waals surface area contributed by atoms with Crippen LogP contribution in [0.25, 0.3) is 0 Å². The molecule has 3 aromatic rings. The molecule has 4 N–H and O–H groups in total. The molecular weight excluding hydrogens is 346 g/mol. The van der Waals surface area contributed by atoms with Crippen molar-refractivity contribution in [2.45, 2.75) is 0 Å². The van der Waals surface area contributed by atoms with Gasteiger partial charge in [0.25, 0.3) is 0 Å². The van der Waals surface area contributed by atoms with Gasteiger partial charge in [-0.15, -0.1) is 0 Å². The Balaban J connectivity index is 1.92. The first kappa shape index (κ1) is 18.1. The number of nitrogens with one attached hydrogen (secondary N) is 2. The number of ether oxygens (including phenoxy) is 3. The maximum atomic E-state index is 6.27. The smallest absolute Gasteiger partial charge is 0.159 e. The van der Waals surface area contributed by atoms with Gasteiger partial charge in [0.05, 0.1) is 32.7 Å². The van der Waals surface area contributed by atoms with Crippen LogP contribution in [0.5, 0.6) is 17.2 Å². The molecule has 0 radical (unpaired) electrons. The summed E-state index contributed by atoms with van der Waals surface area (Å²) in [5.74, 6) is 2.89. The van der Waals surface area contributed by atoms with Crippen LogP contribution >= 0.6 is 0 Å². The Hall–Kier alpha value is -3.68. The fourth-order valence-corrected chi connectivity index (χ4v) is 2.51. The van der Waals surface area contributed by atoms with E-state index in [4.69, 9.17) is 19.9 Å². The summed E-state index contributed by atoms with van der Waals surface area (Å²) in [6, 6.07) is 12.9. The summed E-state index contributed by atoms with van der Waals surface area (Å²) in [5, 5.41) is 6.34. The summed E-state index contributed by atoms with van der Waals surface area (Å²) >= 11 is 0. The zero-order valence-electron chi connectivity index (χ0n) is 15.3. The lowest BCUT2D eigenvalue weighted by Gasteiger charge is -2.16. The molecule has 0 aliphatic rings. The number of methoxy groups -OCH3 is 3. The molecule has 0 bridgehead atoms. The maximum Gasteiger partial charge on any atom is 0.159 e. The highest BCUT2D eigenvalue weighted by atomic mass is 16.5. The number of rotatable bonds is 7. The van der Waals surface area contributed by atoms with Crippen molar-refractivity contribution in [3.05, 3.63) is 48.8 Å². The van der Waals surface area contributed by atoms with Crippen molar-refractivity contribution in [3.8, 4) is 17.2 Å². The average molecular weight is 367 g/mol. The maximum absolute atomic E-state index is 6.27. The zero-order chi connectivity index (χ0) is 19.2. The van der Waals surface area contributed by atoms with E-state index in [9.17, 15) is 0 Å². The van der Waals surface area contributed by atoms with Crippen molar-refractivity contribution < 1.29 is 14.2 Å². The van der Waals surface area contributed by atoms with Crippen molar-refractivity contribution >= 4 is 28.7 Å². The second-order valence-corrected chi connectivity index (χ2v) is 5.50. The molecule has 27 heavy (non-hydrogen) atoms. The number of nitrogens with two attached hydrogens (primary N) is 1. The molecule has 2 aromatic carbocycles. The number of anilines is 5. The number of hydrogen-bond donors (Lipinski definition) is 3. The van der Waals surface area contributed by atoms with Gasteiger partial charge in [0.15, 0.2) is 11.6 Å². The van der Waals surface area contributed by atoms with Crippen LogP contribution in [-0.2, 0) is 0 Å². The second kappa shape index (κ2) is 8.13. The van der Waals surface area contributed by atoms with Gasteiger partial charge in [-0.25, -0.2) is 9.97 Å². The third-order valence-electron chi connectivity index (χ3n) is 3.90. The molecule has 1 aromatic heterocycles. The lowest BCUT2D eigenvalue weighted by molar-refractivity contribution is 0.405. The lowest BCUT2D eigenvalue weighted by Crippen LogP contribution is -2.06. The third kappa shape index (κ3) is 3.95. The number of para-hydroxylation sites is 2. The SMILES string of the molecule is COc1ccc(OC)c(Nc2ncnc(Nc3ccccc3OC)c2N)c1. The van der Waals surface area contributed by atoms with Crippen LogP contribution in [0.1, 0.15) is 0 Å². The predicted octanol–water partition coefficient (Wildman–Crippen LogP) is 3.57. The molecule has 0 spiro atoms. The van der Waals surface area contributed by atoms with Crippen LogP contribution in [0.3, 0.4) is 0 Å². The quantitative estimate of drug-likeness (QED) is 0.582. The molecule has 0 aliphatic carbocycles. The standard InChI is InChI=1S/C19H21N5O3/c1-25-12-8-9-16(27-3)14(10-12)24-19-17(20)18(21-11-22-19)23-13-6-4-5-7-15(13)26-2/h4-11H,20H2,1-3H3,(H2,21,22,23,24). The summed E-state index contributed by atoms with van der Waals surface area (Å²) in [6.45, 7) is 0. The average Bonchev–Trinajstić information content (AvgIpc) is 2.71. The van der Waals surface area contributed by atoms with Gasteiger partial charge in [-0.3, -0.25) is 0 Å². The molecule has 8 nitrogen and oxygen atoms in total. The Labute approximate surface area is 157 Å². The molecule has 0 amide bonds. The van der Waals surface area contributed by atoms with E-state index in [1.54, 1.807) is 33.5 Å². The topological polar surface area (TPSA) is 104 Å². The summed E-state index contributed by atoms with van der Waals surface area (Å²) in [5.41, 5.74) is 8.04.